The maximum atomic E-state index is 13.5. The number of hydrogen-bond acceptors (Lipinski definition) is 5. The standard InChI is InChI=1S/C22H28N4O4/c1-5-6-11-25(17-19(23)26(12-13(2)3)22(29)24-20(17)27)21(28)18-14(4)15-9-7-8-10-16(15)30-18/h7-10,13H,5-6,11-12,23H2,1-4H3,(H,24,27,29). The lowest BCUT2D eigenvalue weighted by Gasteiger charge is -2.24. The number of anilines is 2. The summed E-state index contributed by atoms with van der Waals surface area (Å²) in [5.41, 5.74) is 6.26. The zero-order valence-corrected chi connectivity index (χ0v) is 17.8. The Hall–Kier alpha value is -3.29. The number of nitrogen functional groups attached to an aromatic ring is 1. The molecule has 0 aliphatic heterocycles. The smallest absolute Gasteiger partial charge is 0.330 e. The van der Waals surface area contributed by atoms with E-state index in [9.17, 15) is 14.4 Å². The van der Waals surface area contributed by atoms with Crippen LogP contribution in [0.3, 0.4) is 0 Å². The molecule has 8 heteroatoms. The highest BCUT2D eigenvalue weighted by molar-refractivity contribution is 6.08. The number of nitrogens with two attached hydrogens (primary N) is 1. The highest BCUT2D eigenvalue weighted by atomic mass is 16.3. The fourth-order valence-electron chi connectivity index (χ4n) is 3.52. The van der Waals surface area contributed by atoms with Crippen molar-refractivity contribution in [2.24, 2.45) is 5.92 Å². The average Bonchev–Trinajstić information content (AvgIpc) is 3.04. The van der Waals surface area contributed by atoms with Crippen molar-refractivity contribution in [3.8, 4) is 0 Å². The number of aromatic nitrogens is 2. The normalized spacial score (nSPS) is 11.4. The van der Waals surface area contributed by atoms with Gasteiger partial charge in [-0.3, -0.25) is 24.0 Å². The number of nitrogens with zero attached hydrogens (tertiary/aromatic N) is 2. The van der Waals surface area contributed by atoms with Crippen molar-refractivity contribution in [2.75, 3.05) is 17.2 Å². The molecular formula is C22H28N4O4. The molecule has 3 rings (SSSR count). The number of aromatic amines is 1. The first-order valence-electron chi connectivity index (χ1n) is 10.2. The minimum absolute atomic E-state index is 0.0179. The van der Waals surface area contributed by atoms with E-state index in [1.807, 2.05) is 45.9 Å². The molecule has 0 unspecified atom stereocenters. The maximum Gasteiger partial charge on any atom is 0.330 e. The van der Waals surface area contributed by atoms with Crippen LogP contribution in [0.2, 0.25) is 0 Å². The van der Waals surface area contributed by atoms with Crippen LogP contribution in [0.4, 0.5) is 11.5 Å². The third-order valence-corrected chi connectivity index (χ3v) is 5.05. The van der Waals surface area contributed by atoms with Gasteiger partial charge in [0.15, 0.2) is 11.4 Å². The van der Waals surface area contributed by atoms with Gasteiger partial charge in [-0.2, -0.15) is 0 Å². The maximum absolute atomic E-state index is 13.5. The van der Waals surface area contributed by atoms with Gasteiger partial charge in [0, 0.05) is 24.0 Å². The number of rotatable bonds is 7. The Kier molecular flexibility index (Phi) is 6.14. The Morgan fingerprint density at radius 2 is 1.97 bits per heavy atom. The summed E-state index contributed by atoms with van der Waals surface area (Å²) in [5.74, 6) is -0.186. The molecule has 3 aromatic rings. The fraction of sp³-hybridized carbons (Fsp3) is 0.409. The lowest BCUT2D eigenvalue weighted by molar-refractivity contribution is 0.0961. The second-order valence-electron chi connectivity index (χ2n) is 7.86. The quantitative estimate of drug-likeness (QED) is 0.618. The average molecular weight is 412 g/mol. The Balaban J connectivity index is 2.17. The molecule has 0 fully saturated rings. The molecule has 8 nitrogen and oxygen atoms in total. The lowest BCUT2D eigenvalue weighted by Crippen LogP contribution is -2.42. The molecule has 0 aliphatic rings. The van der Waals surface area contributed by atoms with E-state index in [1.54, 1.807) is 6.07 Å². The van der Waals surface area contributed by atoms with Gasteiger partial charge in [0.2, 0.25) is 0 Å². The summed E-state index contributed by atoms with van der Waals surface area (Å²) in [6.45, 7) is 8.28. The van der Waals surface area contributed by atoms with E-state index in [-0.39, 0.29) is 29.7 Å². The molecule has 0 radical (unpaired) electrons. The van der Waals surface area contributed by atoms with Crippen LogP contribution < -0.4 is 21.9 Å². The van der Waals surface area contributed by atoms with Crippen LogP contribution in [0.15, 0.2) is 38.3 Å². The van der Waals surface area contributed by atoms with Gasteiger partial charge in [0.05, 0.1) is 0 Å². The van der Waals surface area contributed by atoms with E-state index in [1.165, 1.54) is 9.47 Å². The summed E-state index contributed by atoms with van der Waals surface area (Å²) in [6.07, 6.45) is 1.47. The Bertz CT molecular complexity index is 1190. The summed E-state index contributed by atoms with van der Waals surface area (Å²) in [7, 11) is 0. The SMILES string of the molecule is CCCCN(C(=O)c1oc2ccccc2c1C)c1c(N)n(CC(C)C)c(=O)[nH]c1=O. The number of hydrogen-bond donors (Lipinski definition) is 2. The first-order chi connectivity index (χ1) is 14.3. The van der Waals surface area contributed by atoms with Crippen LogP contribution in [0.1, 0.15) is 49.7 Å². The molecule has 0 saturated carbocycles. The molecule has 0 bridgehead atoms. The second kappa shape index (κ2) is 8.61. The van der Waals surface area contributed by atoms with E-state index in [4.69, 9.17) is 10.2 Å². The fourth-order valence-corrected chi connectivity index (χ4v) is 3.52. The molecule has 30 heavy (non-hydrogen) atoms. The molecule has 2 heterocycles. The summed E-state index contributed by atoms with van der Waals surface area (Å²) >= 11 is 0. The third-order valence-electron chi connectivity index (χ3n) is 5.05. The molecule has 160 valence electrons. The minimum atomic E-state index is -0.685. The number of para-hydroxylation sites is 1. The van der Waals surface area contributed by atoms with E-state index >= 15 is 0 Å². The Morgan fingerprint density at radius 1 is 1.27 bits per heavy atom. The van der Waals surface area contributed by atoms with Crippen LogP contribution in [-0.4, -0.2) is 22.0 Å². The number of aryl methyl sites for hydroxylation is 1. The van der Waals surface area contributed by atoms with Crippen LogP contribution in [0.25, 0.3) is 11.0 Å². The first kappa shape index (κ1) is 21.4. The Labute approximate surface area is 174 Å². The highest BCUT2D eigenvalue weighted by Gasteiger charge is 2.29. The summed E-state index contributed by atoms with van der Waals surface area (Å²) < 4.78 is 7.13. The van der Waals surface area contributed by atoms with Crippen molar-refractivity contribution in [3.05, 3.63) is 56.4 Å². The van der Waals surface area contributed by atoms with Gasteiger partial charge in [-0.15, -0.1) is 0 Å². The van der Waals surface area contributed by atoms with Crippen molar-refractivity contribution in [1.82, 2.24) is 9.55 Å². The number of nitrogens with one attached hydrogen (secondary N) is 1. The minimum Gasteiger partial charge on any atom is -0.451 e. The van der Waals surface area contributed by atoms with Crippen molar-refractivity contribution in [2.45, 2.75) is 47.1 Å². The first-order valence-corrected chi connectivity index (χ1v) is 10.2. The van der Waals surface area contributed by atoms with E-state index < -0.39 is 17.2 Å². The molecule has 1 amide bonds. The number of carbonyl (C=O) groups excluding carboxylic acids is 1. The highest BCUT2D eigenvalue weighted by Crippen LogP contribution is 2.28. The number of amides is 1. The number of unbranched alkanes of at least 4 members (excludes halogenated alkanes) is 1. The van der Waals surface area contributed by atoms with E-state index in [2.05, 4.69) is 4.98 Å². The van der Waals surface area contributed by atoms with E-state index in [0.29, 0.717) is 24.1 Å². The summed E-state index contributed by atoms with van der Waals surface area (Å²) in [6, 6.07) is 7.38. The van der Waals surface area contributed by atoms with Crippen LogP contribution in [0.5, 0.6) is 0 Å². The predicted octanol–water partition coefficient (Wildman–Crippen LogP) is 3.28. The van der Waals surface area contributed by atoms with Crippen LogP contribution in [0, 0.1) is 12.8 Å². The molecule has 0 spiro atoms. The molecule has 0 saturated heterocycles. The number of H-pyrrole nitrogens is 1. The zero-order chi connectivity index (χ0) is 22.0. The van der Waals surface area contributed by atoms with Crippen LogP contribution >= 0.6 is 0 Å². The molecule has 1 aromatic carbocycles. The molecule has 0 aliphatic carbocycles. The third kappa shape index (κ3) is 3.90. The van der Waals surface area contributed by atoms with Gasteiger partial charge in [-0.25, -0.2) is 4.79 Å². The molecular weight excluding hydrogens is 384 g/mol. The van der Waals surface area contributed by atoms with Crippen molar-refractivity contribution >= 4 is 28.4 Å². The van der Waals surface area contributed by atoms with Gasteiger partial charge in [-0.05, 0) is 25.3 Å². The summed E-state index contributed by atoms with van der Waals surface area (Å²) in [5, 5.41) is 0.836. The second-order valence-corrected chi connectivity index (χ2v) is 7.86. The summed E-state index contributed by atoms with van der Waals surface area (Å²) in [4.78, 5) is 42.2. The monoisotopic (exact) mass is 412 g/mol. The number of furan rings is 1. The predicted molar refractivity (Wildman–Crippen MR) is 118 cm³/mol. The largest absolute Gasteiger partial charge is 0.451 e. The van der Waals surface area contributed by atoms with E-state index in [0.717, 1.165) is 11.8 Å². The number of fused-ring (bicyclic) bond motifs is 1. The van der Waals surface area contributed by atoms with Crippen molar-refractivity contribution in [3.63, 3.8) is 0 Å². The Morgan fingerprint density at radius 3 is 2.60 bits per heavy atom. The number of carbonyl (C=O) groups is 1. The number of benzene rings is 1. The zero-order valence-electron chi connectivity index (χ0n) is 17.8. The van der Waals surface area contributed by atoms with Gasteiger partial charge in [-0.1, -0.05) is 45.4 Å². The van der Waals surface area contributed by atoms with Gasteiger partial charge >= 0.3 is 5.69 Å². The topological polar surface area (TPSA) is 114 Å². The molecule has 3 N–H and O–H groups in total. The van der Waals surface area contributed by atoms with Gasteiger partial charge in [0.25, 0.3) is 11.5 Å². The van der Waals surface area contributed by atoms with Crippen molar-refractivity contribution < 1.29 is 9.21 Å². The molecule has 0 atom stereocenters. The molecule has 2 aromatic heterocycles. The lowest BCUT2D eigenvalue weighted by atomic mass is 10.1. The van der Waals surface area contributed by atoms with Crippen molar-refractivity contribution in [1.29, 1.82) is 0 Å². The van der Waals surface area contributed by atoms with Gasteiger partial charge in [0.1, 0.15) is 11.4 Å². The van der Waals surface area contributed by atoms with Gasteiger partial charge < -0.3 is 10.2 Å². The van der Waals surface area contributed by atoms with Crippen LogP contribution in [-0.2, 0) is 6.54 Å².